The molecule has 1 heterocycles. The van der Waals surface area contributed by atoms with Crippen molar-refractivity contribution in [3.05, 3.63) is 10.6 Å². The van der Waals surface area contributed by atoms with Crippen molar-refractivity contribution in [2.24, 2.45) is 5.92 Å². The first kappa shape index (κ1) is 14.7. The van der Waals surface area contributed by atoms with Gasteiger partial charge in [-0.15, -0.1) is 0 Å². The van der Waals surface area contributed by atoms with Gasteiger partial charge in [-0.1, -0.05) is 11.3 Å². The SMILES string of the molecule is COCc1nc(N(C)CCOCC2CC2)sc1CO. The van der Waals surface area contributed by atoms with Crippen LogP contribution < -0.4 is 4.90 Å². The van der Waals surface area contributed by atoms with Gasteiger partial charge in [-0.3, -0.25) is 0 Å². The molecule has 1 saturated carbocycles. The smallest absolute Gasteiger partial charge is 0.185 e. The number of thiazole rings is 1. The molecule has 5 nitrogen and oxygen atoms in total. The molecule has 1 N–H and O–H groups in total. The number of nitrogens with zero attached hydrogens (tertiary/aromatic N) is 2. The van der Waals surface area contributed by atoms with Gasteiger partial charge in [0.15, 0.2) is 5.13 Å². The van der Waals surface area contributed by atoms with Crippen LogP contribution in [-0.4, -0.2) is 44.0 Å². The summed E-state index contributed by atoms with van der Waals surface area (Å²) < 4.78 is 10.7. The number of rotatable bonds is 9. The zero-order valence-electron chi connectivity index (χ0n) is 11.6. The summed E-state index contributed by atoms with van der Waals surface area (Å²) in [4.78, 5) is 7.44. The van der Waals surface area contributed by atoms with Crippen molar-refractivity contribution in [1.82, 2.24) is 4.98 Å². The molecule has 1 aromatic rings. The average molecular weight is 286 g/mol. The number of methoxy groups -OCH3 is 1. The summed E-state index contributed by atoms with van der Waals surface area (Å²) in [6, 6.07) is 0. The first-order valence-electron chi connectivity index (χ1n) is 6.61. The Hall–Kier alpha value is -0.690. The molecular formula is C13H22N2O3S. The van der Waals surface area contributed by atoms with Crippen LogP contribution >= 0.6 is 11.3 Å². The molecule has 0 atom stereocenters. The average Bonchev–Trinajstić information content (AvgIpc) is 3.14. The van der Waals surface area contributed by atoms with E-state index in [1.54, 1.807) is 7.11 Å². The number of hydrogen-bond donors (Lipinski definition) is 1. The van der Waals surface area contributed by atoms with Crippen molar-refractivity contribution in [2.45, 2.75) is 26.1 Å². The predicted octanol–water partition coefficient (Wildman–Crippen LogP) is 1.64. The molecule has 19 heavy (non-hydrogen) atoms. The third kappa shape index (κ3) is 4.42. The molecule has 0 unspecified atom stereocenters. The molecule has 0 aromatic carbocycles. The zero-order chi connectivity index (χ0) is 13.7. The van der Waals surface area contributed by atoms with Crippen LogP contribution in [0.15, 0.2) is 0 Å². The van der Waals surface area contributed by atoms with E-state index >= 15 is 0 Å². The highest BCUT2D eigenvalue weighted by Gasteiger charge is 2.21. The molecule has 0 bridgehead atoms. The van der Waals surface area contributed by atoms with Gasteiger partial charge in [-0.2, -0.15) is 0 Å². The van der Waals surface area contributed by atoms with E-state index in [2.05, 4.69) is 9.88 Å². The maximum atomic E-state index is 9.29. The van der Waals surface area contributed by atoms with E-state index in [0.717, 1.165) is 41.4 Å². The van der Waals surface area contributed by atoms with E-state index in [0.29, 0.717) is 6.61 Å². The van der Waals surface area contributed by atoms with E-state index < -0.39 is 0 Å². The number of likely N-dealkylation sites (N-methyl/N-ethyl adjacent to an activating group) is 1. The fourth-order valence-electron chi connectivity index (χ4n) is 1.74. The van der Waals surface area contributed by atoms with E-state index in [9.17, 15) is 5.11 Å². The van der Waals surface area contributed by atoms with Crippen LogP contribution in [0.1, 0.15) is 23.4 Å². The summed E-state index contributed by atoms with van der Waals surface area (Å²) in [5.41, 5.74) is 0.829. The largest absolute Gasteiger partial charge is 0.391 e. The lowest BCUT2D eigenvalue weighted by Gasteiger charge is -2.15. The van der Waals surface area contributed by atoms with E-state index in [1.807, 2.05) is 7.05 Å². The minimum atomic E-state index is 0.0162. The van der Waals surface area contributed by atoms with Crippen LogP contribution in [0.5, 0.6) is 0 Å². The summed E-state index contributed by atoms with van der Waals surface area (Å²) in [6.45, 7) is 2.89. The summed E-state index contributed by atoms with van der Waals surface area (Å²) in [6.07, 6.45) is 2.64. The van der Waals surface area contributed by atoms with Gasteiger partial charge in [-0.25, -0.2) is 4.98 Å². The highest BCUT2D eigenvalue weighted by Crippen LogP contribution is 2.29. The predicted molar refractivity (Wildman–Crippen MR) is 75.6 cm³/mol. The van der Waals surface area contributed by atoms with Gasteiger partial charge in [0.1, 0.15) is 0 Å². The van der Waals surface area contributed by atoms with Crippen LogP contribution in [0, 0.1) is 5.92 Å². The van der Waals surface area contributed by atoms with E-state index in [-0.39, 0.29) is 6.61 Å². The highest BCUT2D eigenvalue weighted by atomic mass is 32.1. The van der Waals surface area contributed by atoms with Gasteiger partial charge >= 0.3 is 0 Å². The summed E-state index contributed by atoms with van der Waals surface area (Å²) in [5.74, 6) is 0.805. The Bertz CT molecular complexity index is 393. The number of aliphatic hydroxyl groups is 1. The lowest BCUT2D eigenvalue weighted by atomic mass is 10.4. The lowest BCUT2D eigenvalue weighted by Crippen LogP contribution is -2.22. The second kappa shape index (κ2) is 7.19. The Balaban J connectivity index is 1.80. The third-order valence-electron chi connectivity index (χ3n) is 3.14. The van der Waals surface area contributed by atoms with Crippen molar-refractivity contribution in [3.63, 3.8) is 0 Å². The Labute approximate surface area is 118 Å². The van der Waals surface area contributed by atoms with Crippen LogP contribution in [0.3, 0.4) is 0 Å². The Kier molecular flexibility index (Phi) is 5.57. The van der Waals surface area contributed by atoms with E-state index in [1.165, 1.54) is 24.2 Å². The molecule has 2 rings (SSSR count). The van der Waals surface area contributed by atoms with Crippen molar-refractivity contribution in [2.75, 3.05) is 38.8 Å². The van der Waals surface area contributed by atoms with Gasteiger partial charge in [-0.05, 0) is 18.8 Å². The normalized spacial score (nSPS) is 14.9. The number of anilines is 1. The molecule has 6 heteroatoms. The topological polar surface area (TPSA) is 54.8 Å². The molecule has 0 amide bonds. The van der Waals surface area contributed by atoms with E-state index in [4.69, 9.17) is 9.47 Å². The molecule has 1 aliphatic carbocycles. The third-order valence-corrected chi connectivity index (χ3v) is 4.34. The molecule has 0 saturated heterocycles. The van der Waals surface area contributed by atoms with Crippen LogP contribution in [0.25, 0.3) is 0 Å². The Morgan fingerprint density at radius 2 is 2.26 bits per heavy atom. The quantitative estimate of drug-likeness (QED) is 0.700. The first-order chi connectivity index (χ1) is 9.24. The number of ether oxygens (including phenoxy) is 2. The Morgan fingerprint density at radius 1 is 1.47 bits per heavy atom. The molecule has 0 spiro atoms. The fourth-order valence-corrected chi connectivity index (χ4v) is 2.65. The lowest BCUT2D eigenvalue weighted by molar-refractivity contribution is 0.131. The molecule has 1 aromatic heterocycles. The zero-order valence-corrected chi connectivity index (χ0v) is 12.4. The summed E-state index contributed by atoms with van der Waals surface area (Å²) in [7, 11) is 3.63. The van der Waals surface area contributed by atoms with Crippen molar-refractivity contribution < 1.29 is 14.6 Å². The van der Waals surface area contributed by atoms with Crippen molar-refractivity contribution >= 4 is 16.5 Å². The van der Waals surface area contributed by atoms with Gasteiger partial charge in [0.05, 0.1) is 30.4 Å². The second-order valence-corrected chi connectivity index (χ2v) is 5.96. The monoisotopic (exact) mass is 286 g/mol. The highest BCUT2D eigenvalue weighted by molar-refractivity contribution is 7.15. The van der Waals surface area contributed by atoms with Crippen molar-refractivity contribution in [1.29, 1.82) is 0 Å². The fraction of sp³-hybridized carbons (Fsp3) is 0.769. The van der Waals surface area contributed by atoms with Gasteiger partial charge in [0.2, 0.25) is 0 Å². The standard InChI is InChI=1S/C13H22N2O3S/c1-15(5-6-18-8-10-3-4-10)13-14-11(9-17-2)12(7-16)19-13/h10,16H,3-9H2,1-2H3. The van der Waals surface area contributed by atoms with Gasteiger partial charge in [0, 0.05) is 27.3 Å². The van der Waals surface area contributed by atoms with Crippen molar-refractivity contribution in [3.8, 4) is 0 Å². The summed E-state index contributed by atoms with van der Waals surface area (Å²) >= 11 is 1.51. The number of aliphatic hydroxyl groups excluding tert-OH is 1. The van der Waals surface area contributed by atoms with Gasteiger partial charge < -0.3 is 19.5 Å². The molecule has 1 fully saturated rings. The van der Waals surface area contributed by atoms with Crippen LogP contribution in [0.2, 0.25) is 0 Å². The molecule has 108 valence electrons. The first-order valence-corrected chi connectivity index (χ1v) is 7.43. The number of aromatic nitrogens is 1. The Morgan fingerprint density at radius 3 is 2.89 bits per heavy atom. The maximum Gasteiger partial charge on any atom is 0.185 e. The van der Waals surface area contributed by atoms with Gasteiger partial charge in [0.25, 0.3) is 0 Å². The molecule has 0 aliphatic heterocycles. The minimum Gasteiger partial charge on any atom is -0.391 e. The maximum absolute atomic E-state index is 9.29. The van der Waals surface area contributed by atoms with Crippen LogP contribution in [0.4, 0.5) is 5.13 Å². The molecule has 0 radical (unpaired) electrons. The van der Waals surface area contributed by atoms with Crippen LogP contribution in [-0.2, 0) is 22.7 Å². The summed E-state index contributed by atoms with van der Waals surface area (Å²) in [5, 5.41) is 10.2. The second-order valence-electron chi connectivity index (χ2n) is 4.90. The molecular weight excluding hydrogens is 264 g/mol. The molecule has 1 aliphatic rings. The minimum absolute atomic E-state index is 0.0162. The number of hydrogen-bond acceptors (Lipinski definition) is 6.